The molecular weight excluding hydrogens is 338 g/mol. The van der Waals surface area contributed by atoms with E-state index < -0.39 is 17.6 Å². The first-order valence-corrected chi connectivity index (χ1v) is 7.66. The van der Waals surface area contributed by atoms with Crippen LogP contribution in [0.1, 0.15) is 21.5 Å². The number of carbonyl (C=O) groups excluding carboxylic acids is 1. The average molecular weight is 353 g/mol. The Kier molecular flexibility index (Phi) is 4.76. The zero-order valence-electron chi connectivity index (χ0n) is 13.1. The molecule has 0 bridgehead atoms. The zero-order chi connectivity index (χ0) is 18.0. The van der Waals surface area contributed by atoms with E-state index in [-0.39, 0.29) is 37.2 Å². The van der Waals surface area contributed by atoms with Gasteiger partial charge in [-0.15, -0.1) is 0 Å². The molecule has 0 N–H and O–H groups in total. The summed E-state index contributed by atoms with van der Waals surface area (Å²) < 4.78 is 57.6. The molecule has 132 valence electrons. The van der Waals surface area contributed by atoms with Gasteiger partial charge in [-0.3, -0.25) is 4.79 Å². The van der Waals surface area contributed by atoms with Crippen molar-refractivity contribution in [3.63, 3.8) is 0 Å². The van der Waals surface area contributed by atoms with Gasteiger partial charge < -0.3 is 9.64 Å². The third kappa shape index (κ3) is 3.99. The van der Waals surface area contributed by atoms with Gasteiger partial charge in [-0.25, -0.2) is 4.39 Å². The highest BCUT2D eigenvalue weighted by molar-refractivity contribution is 5.96. The SMILES string of the molecule is O=C(c1ccccc1C(F)(F)F)N1CC(OCc2cccc(F)c2)C1. The molecule has 3 rings (SSSR count). The second-order valence-corrected chi connectivity index (χ2v) is 5.82. The van der Waals surface area contributed by atoms with Gasteiger partial charge in [0.05, 0.1) is 23.8 Å². The van der Waals surface area contributed by atoms with E-state index in [4.69, 9.17) is 4.74 Å². The van der Waals surface area contributed by atoms with Gasteiger partial charge in [0.15, 0.2) is 0 Å². The Morgan fingerprint density at radius 2 is 1.84 bits per heavy atom. The molecule has 2 aromatic carbocycles. The van der Waals surface area contributed by atoms with E-state index in [1.54, 1.807) is 12.1 Å². The number of alkyl halides is 3. The highest BCUT2D eigenvalue weighted by atomic mass is 19.4. The maximum absolute atomic E-state index is 13.1. The Labute approximate surface area is 141 Å². The van der Waals surface area contributed by atoms with Gasteiger partial charge in [0.1, 0.15) is 5.82 Å². The molecule has 1 heterocycles. The highest BCUT2D eigenvalue weighted by Gasteiger charge is 2.38. The topological polar surface area (TPSA) is 29.5 Å². The first kappa shape index (κ1) is 17.4. The summed E-state index contributed by atoms with van der Waals surface area (Å²) in [6, 6.07) is 10.7. The van der Waals surface area contributed by atoms with Gasteiger partial charge in [0, 0.05) is 13.1 Å². The smallest absolute Gasteiger partial charge is 0.370 e. The normalized spacial score (nSPS) is 15.1. The lowest BCUT2D eigenvalue weighted by Gasteiger charge is -2.39. The molecule has 0 aromatic heterocycles. The number of amides is 1. The van der Waals surface area contributed by atoms with Crippen LogP contribution in [0.15, 0.2) is 48.5 Å². The van der Waals surface area contributed by atoms with Gasteiger partial charge in [0.2, 0.25) is 0 Å². The number of rotatable bonds is 4. The molecule has 1 aliphatic heterocycles. The van der Waals surface area contributed by atoms with Crippen LogP contribution in [0.25, 0.3) is 0 Å². The van der Waals surface area contributed by atoms with Crippen LogP contribution >= 0.6 is 0 Å². The van der Waals surface area contributed by atoms with Crippen LogP contribution in [0.4, 0.5) is 17.6 Å². The molecule has 1 fully saturated rings. The number of halogens is 4. The summed E-state index contributed by atoms with van der Waals surface area (Å²) in [6.07, 6.45) is -4.85. The first-order valence-electron chi connectivity index (χ1n) is 7.66. The van der Waals surface area contributed by atoms with Gasteiger partial charge in [-0.1, -0.05) is 24.3 Å². The second-order valence-electron chi connectivity index (χ2n) is 5.82. The minimum atomic E-state index is -4.58. The molecular formula is C18H15F4NO2. The van der Waals surface area contributed by atoms with Gasteiger partial charge in [0.25, 0.3) is 5.91 Å². The largest absolute Gasteiger partial charge is 0.417 e. The lowest BCUT2D eigenvalue weighted by atomic mass is 10.0. The van der Waals surface area contributed by atoms with Crippen molar-refractivity contribution in [3.8, 4) is 0 Å². The molecule has 0 atom stereocenters. The number of likely N-dealkylation sites (tertiary alicyclic amines) is 1. The lowest BCUT2D eigenvalue weighted by molar-refractivity contribution is -0.138. The minimum absolute atomic E-state index is 0.184. The molecule has 0 spiro atoms. The fourth-order valence-corrected chi connectivity index (χ4v) is 2.64. The number of hydrogen-bond acceptors (Lipinski definition) is 2. The van der Waals surface area contributed by atoms with Crippen LogP contribution in [-0.4, -0.2) is 30.0 Å². The van der Waals surface area contributed by atoms with E-state index in [0.29, 0.717) is 5.56 Å². The summed E-state index contributed by atoms with van der Waals surface area (Å²) in [5.74, 6) is -1.03. The van der Waals surface area contributed by atoms with Crippen LogP contribution in [-0.2, 0) is 17.5 Å². The number of benzene rings is 2. The summed E-state index contributed by atoms with van der Waals surface area (Å²) in [5, 5.41) is 0. The predicted octanol–water partition coefficient (Wildman–Crippen LogP) is 3.89. The Hall–Kier alpha value is -2.41. The Balaban J connectivity index is 1.57. The fourth-order valence-electron chi connectivity index (χ4n) is 2.64. The summed E-state index contributed by atoms with van der Waals surface area (Å²) in [7, 11) is 0. The molecule has 7 heteroatoms. The van der Waals surface area contributed by atoms with E-state index in [1.807, 2.05) is 0 Å². The molecule has 3 nitrogen and oxygen atoms in total. The van der Waals surface area contributed by atoms with Crippen molar-refractivity contribution in [3.05, 3.63) is 71.0 Å². The van der Waals surface area contributed by atoms with Crippen molar-refractivity contribution in [2.75, 3.05) is 13.1 Å². The standard InChI is InChI=1S/C18H15F4NO2/c19-13-5-3-4-12(8-13)11-25-14-9-23(10-14)17(24)15-6-1-2-7-16(15)18(20,21)22/h1-8,14H,9-11H2. The summed E-state index contributed by atoms with van der Waals surface area (Å²) in [4.78, 5) is 13.6. The number of nitrogens with zero attached hydrogens (tertiary/aromatic N) is 1. The van der Waals surface area contributed by atoms with Crippen molar-refractivity contribution in [2.24, 2.45) is 0 Å². The molecule has 2 aromatic rings. The van der Waals surface area contributed by atoms with Gasteiger partial charge in [-0.2, -0.15) is 13.2 Å². The van der Waals surface area contributed by atoms with E-state index in [9.17, 15) is 22.4 Å². The quantitative estimate of drug-likeness (QED) is 0.781. The van der Waals surface area contributed by atoms with Crippen LogP contribution in [0.2, 0.25) is 0 Å². The molecule has 0 aliphatic carbocycles. The average Bonchev–Trinajstić information content (AvgIpc) is 2.52. The monoisotopic (exact) mass is 353 g/mol. The second kappa shape index (κ2) is 6.84. The number of ether oxygens (including phenoxy) is 1. The van der Waals surface area contributed by atoms with E-state index in [0.717, 1.165) is 6.07 Å². The highest BCUT2D eigenvalue weighted by Crippen LogP contribution is 2.33. The van der Waals surface area contributed by atoms with Crippen molar-refractivity contribution < 1.29 is 27.1 Å². The predicted molar refractivity (Wildman–Crippen MR) is 82.3 cm³/mol. The van der Waals surface area contributed by atoms with Crippen LogP contribution in [0.5, 0.6) is 0 Å². The molecule has 0 saturated carbocycles. The van der Waals surface area contributed by atoms with Crippen LogP contribution in [0, 0.1) is 5.82 Å². The minimum Gasteiger partial charge on any atom is -0.370 e. The Bertz CT molecular complexity index is 770. The molecule has 25 heavy (non-hydrogen) atoms. The Morgan fingerprint density at radius 3 is 2.52 bits per heavy atom. The third-order valence-electron chi connectivity index (χ3n) is 3.97. The van der Waals surface area contributed by atoms with Crippen LogP contribution < -0.4 is 0 Å². The van der Waals surface area contributed by atoms with Gasteiger partial charge in [-0.05, 0) is 29.8 Å². The van der Waals surface area contributed by atoms with Crippen molar-refractivity contribution in [1.82, 2.24) is 4.90 Å². The Morgan fingerprint density at radius 1 is 1.12 bits per heavy atom. The fraction of sp³-hybridized carbons (Fsp3) is 0.278. The molecule has 1 aliphatic rings. The van der Waals surface area contributed by atoms with Crippen molar-refractivity contribution in [2.45, 2.75) is 18.9 Å². The zero-order valence-corrected chi connectivity index (χ0v) is 13.1. The summed E-state index contributed by atoms with van der Waals surface area (Å²) in [6.45, 7) is 0.601. The van der Waals surface area contributed by atoms with Crippen molar-refractivity contribution >= 4 is 5.91 Å². The maximum Gasteiger partial charge on any atom is 0.417 e. The number of hydrogen-bond donors (Lipinski definition) is 0. The maximum atomic E-state index is 13.1. The summed E-state index contributed by atoms with van der Waals surface area (Å²) >= 11 is 0. The van der Waals surface area contributed by atoms with E-state index >= 15 is 0 Å². The summed E-state index contributed by atoms with van der Waals surface area (Å²) in [5.41, 5.74) is -0.644. The molecule has 0 unspecified atom stereocenters. The van der Waals surface area contributed by atoms with E-state index in [2.05, 4.69) is 0 Å². The third-order valence-corrected chi connectivity index (χ3v) is 3.97. The van der Waals surface area contributed by atoms with Crippen LogP contribution in [0.3, 0.4) is 0 Å². The van der Waals surface area contributed by atoms with E-state index in [1.165, 1.54) is 35.2 Å². The van der Waals surface area contributed by atoms with Crippen molar-refractivity contribution in [1.29, 1.82) is 0 Å². The molecule has 0 radical (unpaired) electrons. The lowest BCUT2D eigenvalue weighted by Crippen LogP contribution is -2.54. The molecule has 1 saturated heterocycles. The number of carbonyl (C=O) groups is 1. The van der Waals surface area contributed by atoms with Gasteiger partial charge >= 0.3 is 6.18 Å². The first-order chi connectivity index (χ1) is 11.8. The molecule has 1 amide bonds.